The number of amides is 1. The van der Waals surface area contributed by atoms with Crippen LogP contribution in [-0.4, -0.2) is 18.2 Å². The van der Waals surface area contributed by atoms with Crippen LogP contribution in [0.1, 0.15) is 42.0 Å². The van der Waals surface area contributed by atoms with Gasteiger partial charge in [0.1, 0.15) is 11.6 Å². The number of rotatable bonds is 6. The van der Waals surface area contributed by atoms with Gasteiger partial charge in [-0.05, 0) is 72.4 Å². The second kappa shape index (κ2) is 9.51. The molecule has 2 N–H and O–H groups in total. The first-order chi connectivity index (χ1) is 16.6. The highest BCUT2D eigenvalue weighted by Crippen LogP contribution is 2.49. The van der Waals surface area contributed by atoms with E-state index in [0.29, 0.717) is 11.7 Å². The van der Waals surface area contributed by atoms with Crippen LogP contribution in [0.5, 0.6) is 5.75 Å². The summed E-state index contributed by atoms with van der Waals surface area (Å²) in [6, 6.07) is 22.3. The summed E-state index contributed by atoms with van der Waals surface area (Å²) in [5.41, 5.74) is 7.61. The van der Waals surface area contributed by atoms with E-state index in [1.165, 1.54) is 17.7 Å². The summed E-state index contributed by atoms with van der Waals surface area (Å²) in [6.07, 6.45) is 5.46. The Balaban J connectivity index is 1.30. The lowest BCUT2D eigenvalue weighted by atomic mass is 9.76. The van der Waals surface area contributed by atoms with Gasteiger partial charge in [0.15, 0.2) is 6.61 Å². The third-order valence-electron chi connectivity index (χ3n) is 6.47. The molecule has 1 amide bonds. The summed E-state index contributed by atoms with van der Waals surface area (Å²) < 4.78 is 18.9. The fourth-order valence-electron chi connectivity index (χ4n) is 4.73. The number of hydrogen-bond acceptors (Lipinski definition) is 4. The van der Waals surface area contributed by atoms with E-state index in [-0.39, 0.29) is 30.3 Å². The second-order valence-electron chi connectivity index (χ2n) is 8.66. The molecule has 0 bridgehead atoms. The number of allylic oxidation sites excluding steroid dienone is 2. The minimum absolute atomic E-state index is 0.103. The first kappa shape index (κ1) is 21.9. The van der Waals surface area contributed by atoms with E-state index < -0.39 is 0 Å². The zero-order valence-electron chi connectivity index (χ0n) is 18.9. The molecule has 0 fully saturated rings. The molecule has 5 nitrogen and oxygen atoms in total. The van der Waals surface area contributed by atoms with Crippen molar-refractivity contribution >= 4 is 17.3 Å². The lowest BCUT2D eigenvalue weighted by Crippen LogP contribution is -2.29. The van der Waals surface area contributed by atoms with Crippen molar-refractivity contribution in [2.45, 2.75) is 25.3 Å². The number of halogens is 1. The van der Waals surface area contributed by atoms with E-state index in [1.807, 2.05) is 43.3 Å². The van der Waals surface area contributed by atoms with Gasteiger partial charge in [-0.2, -0.15) is 5.10 Å². The molecule has 1 heterocycles. The molecule has 0 aromatic heterocycles. The molecular weight excluding hydrogens is 429 g/mol. The smallest absolute Gasteiger partial charge is 0.277 e. The van der Waals surface area contributed by atoms with E-state index >= 15 is 0 Å². The average molecular weight is 456 g/mol. The molecule has 1 aliphatic carbocycles. The van der Waals surface area contributed by atoms with Crippen LogP contribution >= 0.6 is 0 Å². The molecule has 34 heavy (non-hydrogen) atoms. The zero-order chi connectivity index (χ0) is 23.5. The summed E-state index contributed by atoms with van der Waals surface area (Å²) in [5, 5.41) is 7.94. The molecule has 3 aromatic carbocycles. The van der Waals surface area contributed by atoms with E-state index in [1.54, 1.807) is 12.1 Å². The molecule has 0 unspecified atom stereocenters. The molecule has 0 spiro atoms. The Labute approximate surface area is 198 Å². The molecular formula is C28H26FN3O2. The van der Waals surface area contributed by atoms with Crippen LogP contribution in [0.4, 0.5) is 10.1 Å². The van der Waals surface area contributed by atoms with Crippen molar-refractivity contribution in [3.05, 3.63) is 107 Å². The van der Waals surface area contributed by atoms with Gasteiger partial charge in [0, 0.05) is 11.6 Å². The van der Waals surface area contributed by atoms with Crippen molar-refractivity contribution in [1.82, 2.24) is 5.43 Å². The molecule has 0 radical (unpaired) electrons. The van der Waals surface area contributed by atoms with Crippen molar-refractivity contribution in [3.8, 4) is 5.75 Å². The zero-order valence-corrected chi connectivity index (χ0v) is 18.9. The van der Waals surface area contributed by atoms with Gasteiger partial charge in [-0.1, -0.05) is 48.6 Å². The van der Waals surface area contributed by atoms with Gasteiger partial charge in [0.25, 0.3) is 5.91 Å². The number of nitrogens with zero attached hydrogens (tertiary/aromatic N) is 1. The van der Waals surface area contributed by atoms with Gasteiger partial charge in [0.2, 0.25) is 0 Å². The van der Waals surface area contributed by atoms with Crippen molar-refractivity contribution in [2.75, 3.05) is 11.9 Å². The maximum absolute atomic E-state index is 13.4. The number of hydrogen-bond donors (Lipinski definition) is 2. The Morgan fingerprint density at radius 1 is 1.12 bits per heavy atom. The van der Waals surface area contributed by atoms with E-state index in [9.17, 15) is 9.18 Å². The Bertz CT molecular complexity index is 1240. The lowest BCUT2D eigenvalue weighted by molar-refractivity contribution is -0.123. The lowest BCUT2D eigenvalue weighted by Gasteiger charge is -2.37. The number of para-hydroxylation sites is 1. The maximum Gasteiger partial charge on any atom is 0.277 e. The fraction of sp³-hybridized carbons (Fsp3) is 0.214. The molecule has 3 aromatic rings. The predicted octanol–water partition coefficient (Wildman–Crippen LogP) is 5.57. The standard InChI is InChI=1S/C28H26FN3O2/c1-18(31-32-27(33)17-34-22-6-3-2-4-7-22)20-12-15-26-25(16-20)23-8-5-9-24(23)28(30-26)19-10-13-21(29)14-11-19/h2-8,10-16,23-24,28,30H,9,17H2,1H3,(H,32,33)/b31-18-/t23-,24+,28+/m1/s1. The Morgan fingerprint density at radius 3 is 2.71 bits per heavy atom. The van der Waals surface area contributed by atoms with Crippen molar-refractivity contribution in [1.29, 1.82) is 0 Å². The highest BCUT2D eigenvalue weighted by molar-refractivity contribution is 6.00. The molecule has 172 valence electrons. The first-order valence-electron chi connectivity index (χ1n) is 11.4. The first-order valence-corrected chi connectivity index (χ1v) is 11.4. The van der Waals surface area contributed by atoms with Gasteiger partial charge in [0.05, 0.1) is 11.8 Å². The van der Waals surface area contributed by atoms with Crippen LogP contribution < -0.4 is 15.5 Å². The molecule has 6 heteroatoms. The van der Waals surface area contributed by atoms with Gasteiger partial charge < -0.3 is 10.1 Å². The van der Waals surface area contributed by atoms with Crippen LogP contribution in [0.15, 0.2) is 90.0 Å². The summed E-state index contributed by atoms with van der Waals surface area (Å²) in [6.45, 7) is 1.77. The molecule has 0 saturated carbocycles. The largest absolute Gasteiger partial charge is 0.484 e. The van der Waals surface area contributed by atoms with E-state index in [0.717, 1.165) is 28.9 Å². The Hall–Kier alpha value is -3.93. The molecule has 2 aliphatic rings. The number of fused-ring (bicyclic) bond motifs is 3. The van der Waals surface area contributed by atoms with Gasteiger partial charge in [-0.3, -0.25) is 4.79 Å². The quantitative estimate of drug-likeness (QED) is 0.290. The predicted molar refractivity (Wildman–Crippen MR) is 131 cm³/mol. The molecule has 3 atom stereocenters. The van der Waals surface area contributed by atoms with Crippen molar-refractivity contribution in [2.24, 2.45) is 11.0 Å². The number of carbonyl (C=O) groups excluding carboxylic acids is 1. The van der Waals surface area contributed by atoms with E-state index in [4.69, 9.17) is 4.74 Å². The van der Waals surface area contributed by atoms with Crippen molar-refractivity contribution < 1.29 is 13.9 Å². The number of anilines is 1. The molecule has 0 saturated heterocycles. The topological polar surface area (TPSA) is 62.7 Å². The minimum atomic E-state index is -0.316. The second-order valence-corrected chi connectivity index (χ2v) is 8.66. The SMILES string of the molecule is C/C(=N/NC(=O)COc1ccccc1)c1ccc2c(c1)[C@@H]1C=CC[C@@H]1[C@H](c1ccc(F)cc1)N2. The van der Waals surface area contributed by atoms with Gasteiger partial charge >= 0.3 is 0 Å². The van der Waals surface area contributed by atoms with Crippen LogP contribution in [0.25, 0.3) is 0 Å². The number of benzene rings is 3. The van der Waals surface area contributed by atoms with Crippen LogP contribution in [0, 0.1) is 11.7 Å². The monoisotopic (exact) mass is 455 g/mol. The summed E-state index contributed by atoms with van der Waals surface area (Å²) >= 11 is 0. The maximum atomic E-state index is 13.4. The summed E-state index contributed by atoms with van der Waals surface area (Å²) in [5.74, 6) is 0.731. The summed E-state index contributed by atoms with van der Waals surface area (Å²) in [4.78, 5) is 12.1. The Morgan fingerprint density at radius 2 is 1.91 bits per heavy atom. The van der Waals surface area contributed by atoms with Crippen LogP contribution in [-0.2, 0) is 4.79 Å². The normalized spacial score (nSPS) is 20.8. The fourth-order valence-corrected chi connectivity index (χ4v) is 4.73. The average Bonchev–Trinajstić information content (AvgIpc) is 3.37. The number of ether oxygens (including phenoxy) is 1. The number of hydrazone groups is 1. The number of carbonyl (C=O) groups is 1. The molecule has 5 rings (SSSR count). The highest BCUT2D eigenvalue weighted by Gasteiger charge is 2.38. The molecule has 1 aliphatic heterocycles. The summed E-state index contributed by atoms with van der Waals surface area (Å²) in [7, 11) is 0. The van der Waals surface area contributed by atoms with Crippen LogP contribution in [0.2, 0.25) is 0 Å². The van der Waals surface area contributed by atoms with Crippen LogP contribution in [0.3, 0.4) is 0 Å². The van der Waals surface area contributed by atoms with Gasteiger partial charge in [-0.15, -0.1) is 0 Å². The third kappa shape index (κ3) is 4.57. The number of nitrogens with one attached hydrogen (secondary N) is 2. The Kier molecular flexibility index (Phi) is 6.12. The third-order valence-corrected chi connectivity index (χ3v) is 6.47. The minimum Gasteiger partial charge on any atom is -0.484 e. The highest BCUT2D eigenvalue weighted by atomic mass is 19.1. The van der Waals surface area contributed by atoms with Crippen molar-refractivity contribution in [3.63, 3.8) is 0 Å². The van der Waals surface area contributed by atoms with E-state index in [2.05, 4.69) is 40.1 Å². The van der Waals surface area contributed by atoms with Gasteiger partial charge in [-0.25, -0.2) is 9.82 Å².